The van der Waals surface area contributed by atoms with Gasteiger partial charge in [0.2, 0.25) is 0 Å². The number of alkyl halides is 3. The first-order valence-electron chi connectivity index (χ1n) is 7.57. The molecular formula is C20H14F3NO. The molecule has 0 fully saturated rings. The van der Waals surface area contributed by atoms with E-state index in [1.807, 2.05) is 6.07 Å². The van der Waals surface area contributed by atoms with E-state index in [-0.39, 0.29) is 5.78 Å². The van der Waals surface area contributed by atoms with Gasteiger partial charge >= 0.3 is 6.18 Å². The molecule has 0 atom stereocenters. The van der Waals surface area contributed by atoms with E-state index >= 15 is 0 Å². The van der Waals surface area contributed by atoms with Crippen LogP contribution in [0.2, 0.25) is 0 Å². The van der Waals surface area contributed by atoms with Crippen LogP contribution >= 0.6 is 0 Å². The summed E-state index contributed by atoms with van der Waals surface area (Å²) in [5.74, 6) is -0.105. The third-order valence-electron chi connectivity index (χ3n) is 3.66. The first kappa shape index (κ1) is 16.8. The Labute approximate surface area is 142 Å². The van der Waals surface area contributed by atoms with Gasteiger partial charge in [0.25, 0.3) is 0 Å². The lowest BCUT2D eigenvalue weighted by molar-refractivity contribution is -0.137. The summed E-state index contributed by atoms with van der Waals surface area (Å²) >= 11 is 0. The topological polar surface area (TPSA) is 29.1 Å². The first-order valence-corrected chi connectivity index (χ1v) is 7.57. The second-order valence-electron chi connectivity index (χ2n) is 5.48. The van der Waals surface area contributed by atoms with Gasteiger partial charge < -0.3 is 5.32 Å². The van der Waals surface area contributed by atoms with Crippen molar-refractivity contribution in [2.24, 2.45) is 0 Å². The molecule has 0 aromatic heterocycles. The highest BCUT2D eigenvalue weighted by Gasteiger charge is 2.30. The number of nitrogens with one attached hydrogen (secondary N) is 1. The van der Waals surface area contributed by atoms with Gasteiger partial charge in [-0.1, -0.05) is 36.4 Å². The number of benzene rings is 3. The minimum atomic E-state index is -4.39. The van der Waals surface area contributed by atoms with Gasteiger partial charge in [-0.15, -0.1) is 0 Å². The summed E-state index contributed by atoms with van der Waals surface area (Å²) in [6.45, 7) is 0. The summed E-state index contributed by atoms with van der Waals surface area (Å²) < 4.78 is 38.2. The number of hydrogen-bond donors (Lipinski definition) is 1. The molecule has 3 aromatic rings. The normalized spacial score (nSPS) is 11.2. The zero-order valence-electron chi connectivity index (χ0n) is 13.0. The van der Waals surface area contributed by atoms with E-state index in [0.717, 1.165) is 12.1 Å². The fourth-order valence-electron chi connectivity index (χ4n) is 2.40. The minimum absolute atomic E-state index is 0.105. The Morgan fingerprint density at radius 3 is 2.00 bits per heavy atom. The van der Waals surface area contributed by atoms with Crippen molar-refractivity contribution >= 4 is 17.2 Å². The highest BCUT2D eigenvalue weighted by atomic mass is 19.4. The monoisotopic (exact) mass is 341 g/mol. The van der Waals surface area contributed by atoms with Crippen molar-refractivity contribution in [2.75, 3.05) is 5.32 Å². The molecule has 3 aromatic carbocycles. The molecule has 126 valence electrons. The molecule has 0 saturated heterocycles. The maximum absolute atomic E-state index is 12.7. The van der Waals surface area contributed by atoms with Gasteiger partial charge in [0.05, 0.1) is 5.56 Å². The van der Waals surface area contributed by atoms with Gasteiger partial charge in [0, 0.05) is 22.5 Å². The maximum Gasteiger partial charge on any atom is 0.416 e. The molecule has 0 bridgehead atoms. The zero-order valence-corrected chi connectivity index (χ0v) is 13.0. The standard InChI is InChI=1S/C20H14F3NO/c21-20(22,23)16-7-4-8-18(13-16)24-17-11-9-15(10-12-17)19(25)14-5-2-1-3-6-14/h1-13,24H. The third kappa shape index (κ3) is 4.07. The first-order chi connectivity index (χ1) is 11.9. The Balaban J connectivity index is 1.76. The van der Waals surface area contributed by atoms with Crippen molar-refractivity contribution in [2.45, 2.75) is 6.18 Å². The third-order valence-corrected chi connectivity index (χ3v) is 3.66. The Morgan fingerprint density at radius 1 is 0.720 bits per heavy atom. The molecule has 5 heteroatoms. The molecule has 0 heterocycles. The van der Waals surface area contributed by atoms with Crippen LogP contribution in [0.3, 0.4) is 0 Å². The van der Waals surface area contributed by atoms with Crippen LogP contribution in [0.15, 0.2) is 78.9 Å². The quantitative estimate of drug-likeness (QED) is 0.619. The lowest BCUT2D eigenvalue weighted by Crippen LogP contribution is -2.05. The molecule has 0 spiro atoms. The number of ketones is 1. The molecule has 0 unspecified atom stereocenters. The van der Waals surface area contributed by atoms with Gasteiger partial charge in [0.1, 0.15) is 0 Å². The van der Waals surface area contributed by atoms with E-state index in [1.54, 1.807) is 54.6 Å². The van der Waals surface area contributed by atoms with Crippen molar-refractivity contribution < 1.29 is 18.0 Å². The minimum Gasteiger partial charge on any atom is -0.356 e. The Kier molecular flexibility index (Phi) is 4.57. The van der Waals surface area contributed by atoms with Crippen LogP contribution in [-0.2, 0) is 6.18 Å². The van der Waals surface area contributed by atoms with Gasteiger partial charge in [-0.3, -0.25) is 4.79 Å². The average Bonchev–Trinajstić information content (AvgIpc) is 2.62. The second kappa shape index (κ2) is 6.81. The molecule has 0 saturated carbocycles. The maximum atomic E-state index is 12.7. The van der Waals surface area contributed by atoms with Crippen LogP contribution < -0.4 is 5.32 Å². The Morgan fingerprint density at radius 2 is 1.36 bits per heavy atom. The smallest absolute Gasteiger partial charge is 0.356 e. The summed E-state index contributed by atoms with van der Waals surface area (Å²) in [5.41, 5.74) is 1.32. The van der Waals surface area contributed by atoms with Crippen LogP contribution in [0.25, 0.3) is 0 Å². The summed E-state index contributed by atoms with van der Waals surface area (Å²) in [4.78, 5) is 12.3. The molecule has 0 radical (unpaired) electrons. The molecule has 0 aliphatic rings. The number of carbonyl (C=O) groups is 1. The van der Waals surface area contributed by atoms with Crippen molar-refractivity contribution in [1.29, 1.82) is 0 Å². The average molecular weight is 341 g/mol. The highest BCUT2D eigenvalue weighted by Crippen LogP contribution is 2.31. The van der Waals surface area contributed by atoms with Gasteiger partial charge in [-0.2, -0.15) is 13.2 Å². The molecule has 0 amide bonds. The zero-order chi connectivity index (χ0) is 17.9. The van der Waals surface area contributed by atoms with Gasteiger partial charge in [-0.05, 0) is 42.5 Å². The molecule has 0 aliphatic carbocycles. The van der Waals surface area contributed by atoms with E-state index in [0.29, 0.717) is 22.5 Å². The van der Waals surface area contributed by atoms with Crippen molar-refractivity contribution in [3.8, 4) is 0 Å². The number of anilines is 2. The largest absolute Gasteiger partial charge is 0.416 e. The molecule has 2 nitrogen and oxygen atoms in total. The predicted octanol–water partition coefficient (Wildman–Crippen LogP) is 5.68. The number of carbonyl (C=O) groups excluding carboxylic acids is 1. The lowest BCUT2D eigenvalue weighted by Gasteiger charge is -2.11. The fraction of sp³-hybridized carbons (Fsp3) is 0.0500. The summed E-state index contributed by atoms with van der Waals surface area (Å²) in [5, 5.41) is 2.91. The van der Waals surface area contributed by atoms with Crippen molar-refractivity contribution in [3.05, 3.63) is 95.6 Å². The van der Waals surface area contributed by atoms with Crippen LogP contribution in [0, 0.1) is 0 Å². The second-order valence-corrected chi connectivity index (χ2v) is 5.48. The van der Waals surface area contributed by atoms with Crippen molar-refractivity contribution in [1.82, 2.24) is 0 Å². The summed E-state index contributed by atoms with van der Waals surface area (Å²) in [7, 11) is 0. The number of halogens is 3. The predicted molar refractivity (Wildman–Crippen MR) is 91.0 cm³/mol. The Bertz CT molecular complexity index is 871. The summed E-state index contributed by atoms with van der Waals surface area (Å²) in [6, 6.07) is 20.5. The molecule has 25 heavy (non-hydrogen) atoms. The van der Waals surface area contributed by atoms with Crippen LogP contribution in [-0.4, -0.2) is 5.78 Å². The van der Waals surface area contributed by atoms with Crippen LogP contribution in [0.5, 0.6) is 0 Å². The van der Waals surface area contributed by atoms with E-state index in [1.165, 1.54) is 6.07 Å². The number of rotatable bonds is 4. The van der Waals surface area contributed by atoms with E-state index in [2.05, 4.69) is 5.32 Å². The number of hydrogen-bond acceptors (Lipinski definition) is 2. The van der Waals surface area contributed by atoms with Crippen LogP contribution in [0.4, 0.5) is 24.5 Å². The molecular weight excluding hydrogens is 327 g/mol. The highest BCUT2D eigenvalue weighted by molar-refractivity contribution is 6.09. The van der Waals surface area contributed by atoms with E-state index in [4.69, 9.17) is 0 Å². The van der Waals surface area contributed by atoms with Crippen molar-refractivity contribution in [3.63, 3.8) is 0 Å². The molecule has 3 rings (SSSR count). The van der Waals surface area contributed by atoms with Gasteiger partial charge in [-0.25, -0.2) is 0 Å². The Hall–Kier alpha value is -3.08. The van der Waals surface area contributed by atoms with Gasteiger partial charge in [0.15, 0.2) is 5.78 Å². The van der Waals surface area contributed by atoms with E-state index in [9.17, 15) is 18.0 Å². The summed E-state index contributed by atoms with van der Waals surface area (Å²) in [6.07, 6.45) is -4.39. The SMILES string of the molecule is O=C(c1ccccc1)c1ccc(Nc2cccc(C(F)(F)F)c2)cc1. The van der Waals surface area contributed by atoms with E-state index < -0.39 is 11.7 Å². The molecule has 1 N–H and O–H groups in total. The fourth-order valence-corrected chi connectivity index (χ4v) is 2.40. The van der Waals surface area contributed by atoms with Crippen LogP contribution in [0.1, 0.15) is 21.5 Å². The molecule has 0 aliphatic heterocycles. The lowest BCUT2D eigenvalue weighted by atomic mass is 10.0.